The van der Waals surface area contributed by atoms with Gasteiger partial charge in [0.2, 0.25) is 6.54 Å². The molecule has 4 rings (SSSR count). The molecular formula is C22H27FN5O11PS. The number of aliphatic hydroxyl groups excluding tert-OH is 1. The van der Waals surface area contributed by atoms with E-state index >= 15 is 4.39 Å². The lowest BCUT2D eigenvalue weighted by molar-refractivity contribution is -0.0629. The number of methoxy groups -OCH3 is 1. The fourth-order valence-corrected chi connectivity index (χ4v) is 6.33. The number of nitrogens with one attached hydrogen (secondary N) is 2. The largest absolute Gasteiger partial charge is 0.387 e. The summed E-state index contributed by atoms with van der Waals surface area (Å²) in [7, 11) is 1.28. The van der Waals surface area contributed by atoms with Gasteiger partial charge in [-0.1, -0.05) is 0 Å². The van der Waals surface area contributed by atoms with Gasteiger partial charge in [0.25, 0.3) is 11.1 Å². The standard InChI is InChI=1S/C22H27FN5O11PS/c1-11-17(15(23)19(37-11)27-7-4-13(29)25-21(27)32)39-40(41,35-9-6-24-2)36-10-12-16(31)18(34-3)20(38-12)28-8-5-14(30)26-22(28)33/h4-5,7-8,11-12,15-20,31H,6,9-10H2,1,3H3,(H,25,29,32)(H,26,30,33)/t11-,12-,15+,16?,17?,18+,19-,20-,40?/m1/s1/i1D. The summed E-state index contributed by atoms with van der Waals surface area (Å²) in [6.45, 7) is 1.64. The monoisotopic (exact) mass is 620 g/mol. The summed E-state index contributed by atoms with van der Waals surface area (Å²) in [5.41, 5.74) is -3.10. The smallest absolute Gasteiger partial charge is 0.330 e. The van der Waals surface area contributed by atoms with Gasteiger partial charge in [-0.15, -0.1) is 0 Å². The Morgan fingerprint density at radius 3 is 2.32 bits per heavy atom. The van der Waals surface area contributed by atoms with Gasteiger partial charge in [-0.05, 0) is 18.7 Å². The Morgan fingerprint density at radius 1 is 1.12 bits per heavy atom. The maximum atomic E-state index is 15.7. The van der Waals surface area contributed by atoms with Crippen LogP contribution in [0.3, 0.4) is 0 Å². The summed E-state index contributed by atoms with van der Waals surface area (Å²) in [4.78, 5) is 54.6. The van der Waals surface area contributed by atoms with E-state index in [0.717, 1.165) is 27.5 Å². The van der Waals surface area contributed by atoms with Crippen LogP contribution in [0.5, 0.6) is 0 Å². The number of rotatable bonds is 11. The quantitative estimate of drug-likeness (QED) is 0.161. The molecule has 0 radical (unpaired) electrons. The Morgan fingerprint density at radius 2 is 1.76 bits per heavy atom. The molecule has 19 heteroatoms. The summed E-state index contributed by atoms with van der Waals surface area (Å²) in [5, 5.41) is 10.8. The Labute approximate surface area is 237 Å². The zero-order chi connectivity index (χ0) is 30.6. The highest BCUT2D eigenvalue weighted by Gasteiger charge is 2.50. The highest BCUT2D eigenvalue weighted by Crippen LogP contribution is 2.54. The van der Waals surface area contributed by atoms with Gasteiger partial charge in [-0.2, -0.15) is 0 Å². The molecule has 4 heterocycles. The number of halogens is 1. The van der Waals surface area contributed by atoms with E-state index in [2.05, 4.69) is 9.83 Å². The van der Waals surface area contributed by atoms with Crippen molar-refractivity contribution >= 4 is 18.5 Å². The van der Waals surface area contributed by atoms with Gasteiger partial charge in [0.1, 0.15) is 31.0 Å². The van der Waals surface area contributed by atoms with Crippen LogP contribution in [0.2, 0.25) is 0 Å². The van der Waals surface area contributed by atoms with E-state index in [9.17, 15) is 24.3 Å². The molecule has 41 heavy (non-hydrogen) atoms. The molecule has 2 saturated heterocycles. The summed E-state index contributed by atoms with van der Waals surface area (Å²) in [6.07, 6.45) is -9.01. The van der Waals surface area contributed by atoms with E-state index in [4.69, 9.17) is 47.5 Å². The molecule has 0 saturated carbocycles. The first kappa shape index (κ1) is 29.6. The second-order valence-corrected chi connectivity index (χ2v) is 11.8. The molecule has 0 aromatic carbocycles. The number of aromatic amines is 2. The molecule has 3 unspecified atom stereocenters. The normalized spacial score (nSPS) is 31.4. The average Bonchev–Trinajstić information content (AvgIpc) is 3.43. The lowest BCUT2D eigenvalue weighted by Gasteiger charge is -2.28. The molecule has 2 aromatic rings. The maximum absolute atomic E-state index is 15.7. The van der Waals surface area contributed by atoms with Crippen LogP contribution < -0.4 is 22.5 Å². The Kier molecular flexibility index (Phi) is 9.38. The zero-order valence-corrected chi connectivity index (χ0v) is 23.1. The van der Waals surface area contributed by atoms with Gasteiger partial charge in [-0.3, -0.25) is 33.2 Å². The van der Waals surface area contributed by atoms with Gasteiger partial charge in [0.15, 0.2) is 18.6 Å². The van der Waals surface area contributed by atoms with Crippen LogP contribution in [0.25, 0.3) is 4.85 Å². The number of H-pyrrole nitrogens is 2. The number of aromatic nitrogens is 4. The van der Waals surface area contributed by atoms with Gasteiger partial charge in [0, 0.05) is 33.0 Å². The number of alkyl halides is 1. The van der Waals surface area contributed by atoms with Crippen LogP contribution >= 0.6 is 6.72 Å². The van der Waals surface area contributed by atoms with Crippen molar-refractivity contribution in [2.75, 3.05) is 26.9 Å². The van der Waals surface area contributed by atoms with Crippen molar-refractivity contribution in [3.63, 3.8) is 0 Å². The van der Waals surface area contributed by atoms with E-state index in [0.29, 0.717) is 0 Å². The van der Waals surface area contributed by atoms with Crippen molar-refractivity contribution in [2.24, 2.45) is 0 Å². The number of aliphatic hydroxyl groups is 1. The van der Waals surface area contributed by atoms with Gasteiger partial charge in [-0.25, -0.2) is 20.6 Å². The zero-order valence-electron chi connectivity index (χ0n) is 22.4. The molecule has 2 aliphatic rings. The molecule has 224 valence electrons. The fourth-order valence-electron chi connectivity index (χ4n) is 4.24. The highest BCUT2D eigenvalue weighted by atomic mass is 32.5. The SMILES string of the molecule is [2H]C[C@H]1O[C@@H](n2ccc(=O)[nH]c2=O)[C@@H](F)C1OP(=S)(OCC[N+]#[C-])OC[C@H]1O[C@@H](n2ccc(=O)[nH]c2=O)[C@@H](OC)C1O. The van der Waals surface area contributed by atoms with Crippen molar-refractivity contribution < 1.29 is 38.6 Å². The first-order valence-electron chi connectivity index (χ1n) is 12.7. The van der Waals surface area contributed by atoms with Gasteiger partial charge >= 0.3 is 18.1 Å². The second kappa shape index (κ2) is 13.0. The maximum Gasteiger partial charge on any atom is 0.330 e. The van der Waals surface area contributed by atoms with Crippen molar-refractivity contribution in [1.82, 2.24) is 19.1 Å². The molecule has 2 aromatic heterocycles. The molecule has 0 aliphatic carbocycles. The van der Waals surface area contributed by atoms with E-state index in [-0.39, 0.29) is 13.2 Å². The van der Waals surface area contributed by atoms with Crippen molar-refractivity contribution in [3.05, 3.63) is 77.6 Å². The van der Waals surface area contributed by atoms with Crippen LogP contribution in [0, 0.1) is 6.57 Å². The number of hydrogen-bond acceptors (Lipinski definition) is 12. The lowest BCUT2D eigenvalue weighted by atomic mass is 10.1. The van der Waals surface area contributed by atoms with E-state index in [1.165, 1.54) is 13.3 Å². The average molecular weight is 621 g/mol. The van der Waals surface area contributed by atoms with Crippen LogP contribution in [0.15, 0.2) is 43.7 Å². The predicted octanol–water partition coefficient (Wildman–Crippen LogP) is -0.822. The molecule has 3 N–H and O–H groups in total. The summed E-state index contributed by atoms with van der Waals surface area (Å²) in [6, 6.07) is 2.08. The molecule has 2 aliphatic heterocycles. The first-order chi connectivity index (χ1) is 20.0. The van der Waals surface area contributed by atoms with Crippen molar-refractivity contribution in [1.29, 1.82) is 0 Å². The van der Waals surface area contributed by atoms with E-state index in [1.807, 2.05) is 4.98 Å². The minimum absolute atomic E-state index is 0.145. The summed E-state index contributed by atoms with van der Waals surface area (Å²) < 4.78 is 59.0. The van der Waals surface area contributed by atoms with Crippen molar-refractivity contribution in [3.8, 4) is 0 Å². The molecule has 2 fully saturated rings. The molecule has 9 atom stereocenters. The molecule has 0 bridgehead atoms. The van der Waals surface area contributed by atoms with Gasteiger partial charge < -0.3 is 33.2 Å². The molecule has 0 amide bonds. The van der Waals surface area contributed by atoms with Crippen LogP contribution in [-0.2, 0) is 39.6 Å². The minimum atomic E-state index is -3.95. The topological polar surface area (TPSA) is 190 Å². The third-order valence-corrected chi connectivity index (χ3v) is 8.56. The first-order valence-corrected chi connectivity index (χ1v) is 14.6. The molecular weight excluding hydrogens is 592 g/mol. The van der Waals surface area contributed by atoms with Gasteiger partial charge in [0.05, 0.1) is 12.7 Å². The Bertz CT molecular complexity index is 1580. The molecule has 0 spiro atoms. The minimum Gasteiger partial charge on any atom is -0.387 e. The second-order valence-electron chi connectivity index (χ2n) is 8.83. The highest BCUT2D eigenvalue weighted by molar-refractivity contribution is 8.07. The lowest BCUT2D eigenvalue weighted by Crippen LogP contribution is -2.38. The molecule has 16 nitrogen and oxygen atoms in total. The fraction of sp³-hybridized carbons (Fsp3) is 0.591. The summed E-state index contributed by atoms with van der Waals surface area (Å²) in [5.74, 6) is 0. The number of hydrogen-bond donors (Lipinski definition) is 3. The third-order valence-electron chi connectivity index (χ3n) is 6.20. The van der Waals surface area contributed by atoms with E-state index in [1.54, 1.807) is 0 Å². The Balaban J connectivity index is 1.53. The van der Waals surface area contributed by atoms with Crippen LogP contribution in [0.4, 0.5) is 4.39 Å². The van der Waals surface area contributed by atoms with E-state index < -0.39 is 91.9 Å². The number of ether oxygens (including phenoxy) is 3. The predicted molar refractivity (Wildman–Crippen MR) is 140 cm³/mol. The number of nitrogens with zero attached hydrogens (tertiary/aromatic N) is 3. The van der Waals surface area contributed by atoms with Crippen LogP contribution in [0.1, 0.15) is 20.7 Å². The third kappa shape index (κ3) is 6.80. The summed E-state index contributed by atoms with van der Waals surface area (Å²) >= 11 is 5.47. The Hall–Kier alpha value is -2.85. The van der Waals surface area contributed by atoms with Crippen LogP contribution in [-0.4, -0.2) is 87.8 Å². The van der Waals surface area contributed by atoms with Crippen molar-refractivity contribution in [2.45, 2.75) is 56.0 Å².